The van der Waals surface area contributed by atoms with Gasteiger partial charge in [0.25, 0.3) is 5.91 Å². The highest BCUT2D eigenvalue weighted by Gasteiger charge is 2.19. The van der Waals surface area contributed by atoms with Crippen LogP contribution in [0.3, 0.4) is 0 Å². The van der Waals surface area contributed by atoms with Gasteiger partial charge >= 0.3 is 5.97 Å². The van der Waals surface area contributed by atoms with Crippen molar-refractivity contribution in [1.82, 2.24) is 4.98 Å². The van der Waals surface area contributed by atoms with Crippen molar-refractivity contribution < 1.29 is 23.5 Å². The van der Waals surface area contributed by atoms with E-state index in [0.717, 1.165) is 10.4 Å². The molecule has 7 nitrogen and oxygen atoms in total. The second-order valence-electron chi connectivity index (χ2n) is 5.38. The van der Waals surface area contributed by atoms with Gasteiger partial charge in [0.15, 0.2) is 23.1 Å². The molecular formula is C18H16N2O5S. The molecule has 8 heteroatoms. The van der Waals surface area contributed by atoms with E-state index in [9.17, 15) is 9.59 Å². The van der Waals surface area contributed by atoms with Crippen molar-refractivity contribution in [2.24, 2.45) is 5.73 Å². The molecule has 0 unspecified atom stereocenters. The highest BCUT2D eigenvalue weighted by Crippen LogP contribution is 2.28. The lowest BCUT2D eigenvalue weighted by atomic mass is 10.2. The fraction of sp³-hybridized carbons (Fsp3) is 0.167. The first-order chi connectivity index (χ1) is 12.5. The minimum atomic E-state index is -0.562. The molecule has 0 saturated carbocycles. The molecule has 1 amide bonds. The van der Waals surface area contributed by atoms with Crippen molar-refractivity contribution in [3.8, 4) is 16.5 Å². The molecule has 0 saturated heterocycles. The third-order valence-corrected chi connectivity index (χ3v) is 4.36. The summed E-state index contributed by atoms with van der Waals surface area (Å²) in [5, 5.41) is 0.626. The van der Waals surface area contributed by atoms with Crippen molar-refractivity contribution in [3.05, 3.63) is 58.8 Å². The normalized spacial score (nSPS) is 10.5. The minimum Gasteiger partial charge on any atom is -0.484 e. The lowest BCUT2D eigenvalue weighted by Gasteiger charge is -2.07. The highest BCUT2D eigenvalue weighted by atomic mass is 32.1. The monoisotopic (exact) mass is 372 g/mol. The summed E-state index contributed by atoms with van der Waals surface area (Å²) in [5.74, 6) is 0.00644. The molecule has 3 rings (SSSR count). The number of hydrogen-bond acceptors (Lipinski definition) is 7. The van der Waals surface area contributed by atoms with Crippen molar-refractivity contribution >= 4 is 23.2 Å². The molecule has 0 aliphatic heterocycles. The summed E-state index contributed by atoms with van der Waals surface area (Å²) in [5.41, 5.74) is 6.03. The lowest BCUT2D eigenvalue weighted by molar-refractivity contribution is -0.119. The van der Waals surface area contributed by atoms with Gasteiger partial charge in [-0.15, -0.1) is 11.3 Å². The SMILES string of the molecule is Cc1sc(-c2ccco2)nc1C(=O)OCc1cccc(OCC(N)=O)c1. The molecule has 0 bridgehead atoms. The van der Waals surface area contributed by atoms with Gasteiger partial charge in [-0.1, -0.05) is 12.1 Å². The van der Waals surface area contributed by atoms with Crippen LogP contribution in [0.2, 0.25) is 0 Å². The minimum absolute atomic E-state index is 0.0552. The van der Waals surface area contributed by atoms with E-state index in [2.05, 4.69) is 4.98 Å². The van der Waals surface area contributed by atoms with Crippen LogP contribution in [0.1, 0.15) is 20.9 Å². The molecular weight excluding hydrogens is 356 g/mol. The average molecular weight is 372 g/mol. The molecule has 26 heavy (non-hydrogen) atoms. The van der Waals surface area contributed by atoms with Crippen LogP contribution in [-0.2, 0) is 16.1 Å². The standard InChI is InChI=1S/C18H16N2O5S/c1-11-16(20-17(26-11)14-6-3-7-23-14)18(22)25-9-12-4-2-5-13(8-12)24-10-15(19)21/h2-8H,9-10H2,1H3,(H2,19,21). The van der Waals surface area contributed by atoms with Crippen molar-refractivity contribution in [2.45, 2.75) is 13.5 Å². The molecule has 0 atom stereocenters. The zero-order valence-electron chi connectivity index (χ0n) is 13.9. The maximum atomic E-state index is 12.3. The number of hydrogen-bond donors (Lipinski definition) is 1. The molecule has 0 aliphatic carbocycles. The Morgan fingerprint density at radius 1 is 1.27 bits per heavy atom. The van der Waals surface area contributed by atoms with E-state index in [0.29, 0.717) is 16.5 Å². The zero-order valence-corrected chi connectivity index (χ0v) is 14.7. The maximum absolute atomic E-state index is 12.3. The van der Waals surface area contributed by atoms with Crippen LogP contribution < -0.4 is 10.5 Å². The molecule has 0 radical (unpaired) electrons. The fourth-order valence-corrected chi connectivity index (χ4v) is 3.06. The molecule has 2 heterocycles. The second-order valence-corrected chi connectivity index (χ2v) is 6.58. The number of aryl methyl sites for hydroxylation is 1. The number of furan rings is 1. The van der Waals surface area contributed by atoms with Gasteiger partial charge in [0, 0.05) is 4.88 Å². The Morgan fingerprint density at radius 2 is 2.12 bits per heavy atom. The maximum Gasteiger partial charge on any atom is 0.358 e. The zero-order chi connectivity index (χ0) is 18.5. The molecule has 1 aromatic carbocycles. The summed E-state index contributed by atoms with van der Waals surface area (Å²) in [6.07, 6.45) is 1.55. The van der Waals surface area contributed by atoms with E-state index in [1.807, 2.05) is 0 Å². The van der Waals surface area contributed by atoms with Crippen LogP contribution in [-0.4, -0.2) is 23.5 Å². The predicted molar refractivity (Wildman–Crippen MR) is 94.8 cm³/mol. The van der Waals surface area contributed by atoms with Crippen molar-refractivity contribution in [3.63, 3.8) is 0 Å². The Bertz CT molecular complexity index is 918. The first kappa shape index (κ1) is 17.7. The van der Waals surface area contributed by atoms with Gasteiger partial charge in [-0.2, -0.15) is 0 Å². The molecule has 3 aromatic rings. The van der Waals surface area contributed by atoms with Crippen molar-refractivity contribution in [2.75, 3.05) is 6.61 Å². The number of esters is 1. The summed E-state index contributed by atoms with van der Waals surface area (Å²) < 4.78 is 15.9. The predicted octanol–water partition coefficient (Wildman–Crippen LogP) is 2.93. The number of ether oxygens (including phenoxy) is 2. The van der Waals surface area contributed by atoms with Crippen molar-refractivity contribution in [1.29, 1.82) is 0 Å². The molecule has 2 N–H and O–H groups in total. The van der Waals surface area contributed by atoms with Crippen LogP contribution >= 0.6 is 11.3 Å². The number of carbonyl (C=O) groups excluding carboxylic acids is 2. The van der Waals surface area contributed by atoms with Gasteiger partial charge in [0.05, 0.1) is 6.26 Å². The quantitative estimate of drug-likeness (QED) is 0.639. The Morgan fingerprint density at radius 3 is 2.85 bits per heavy atom. The number of amides is 1. The highest BCUT2D eigenvalue weighted by molar-refractivity contribution is 7.15. The van der Waals surface area contributed by atoms with Crippen LogP contribution in [0.4, 0.5) is 0 Å². The number of carbonyl (C=O) groups is 2. The molecule has 2 aromatic heterocycles. The summed E-state index contributed by atoms with van der Waals surface area (Å²) in [4.78, 5) is 28.1. The molecule has 0 fully saturated rings. The lowest BCUT2D eigenvalue weighted by Crippen LogP contribution is -2.20. The Balaban J connectivity index is 1.64. The van der Waals surface area contributed by atoms with E-state index in [-0.39, 0.29) is 18.9 Å². The van der Waals surface area contributed by atoms with Gasteiger partial charge in [-0.25, -0.2) is 9.78 Å². The van der Waals surface area contributed by atoms with E-state index < -0.39 is 11.9 Å². The number of nitrogens with two attached hydrogens (primary N) is 1. The largest absolute Gasteiger partial charge is 0.484 e. The Kier molecular flexibility index (Phi) is 5.33. The van der Waals surface area contributed by atoms with E-state index >= 15 is 0 Å². The summed E-state index contributed by atoms with van der Waals surface area (Å²) in [7, 11) is 0. The van der Waals surface area contributed by atoms with E-state index in [4.69, 9.17) is 19.6 Å². The third-order valence-electron chi connectivity index (χ3n) is 3.37. The summed E-state index contributed by atoms with van der Waals surface area (Å²) in [6.45, 7) is 1.65. The second kappa shape index (κ2) is 7.83. The molecule has 134 valence electrons. The third kappa shape index (κ3) is 4.28. The van der Waals surface area contributed by atoms with Gasteiger partial charge in [-0.3, -0.25) is 4.79 Å². The average Bonchev–Trinajstić information content (AvgIpc) is 3.28. The van der Waals surface area contributed by atoms with E-state index in [1.165, 1.54) is 11.3 Å². The number of rotatable bonds is 7. The van der Waals surface area contributed by atoms with Gasteiger partial charge < -0.3 is 19.6 Å². The summed E-state index contributed by atoms with van der Waals surface area (Å²) in [6, 6.07) is 10.4. The van der Waals surface area contributed by atoms with Crippen LogP contribution in [0.5, 0.6) is 5.75 Å². The Labute approximate surface area is 153 Å². The smallest absolute Gasteiger partial charge is 0.358 e. The van der Waals surface area contributed by atoms with Crippen LogP contribution in [0.15, 0.2) is 47.1 Å². The van der Waals surface area contributed by atoms with E-state index in [1.54, 1.807) is 49.6 Å². The fourth-order valence-electron chi connectivity index (χ4n) is 2.19. The van der Waals surface area contributed by atoms with Crippen LogP contribution in [0, 0.1) is 6.92 Å². The van der Waals surface area contributed by atoms with Gasteiger partial charge in [-0.05, 0) is 36.8 Å². The number of benzene rings is 1. The Hall–Kier alpha value is -3.13. The summed E-state index contributed by atoms with van der Waals surface area (Å²) >= 11 is 1.36. The van der Waals surface area contributed by atoms with Crippen LogP contribution in [0.25, 0.3) is 10.8 Å². The number of nitrogens with zero attached hydrogens (tertiary/aromatic N) is 1. The molecule has 0 aliphatic rings. The first-order valence-electron chi connectivity index (χ1n) is 7.71. The van der Waals surface area contributed by atoms with Gasteiger partial charge in [0.2, 0.25) is 0 Å². The van der Waals surface area contributed by atoms with Gasteiger partial charge in [0.1, 0.15) is 12.4 Å². The number of primary amides is 1. The first-order valence-corrected chi connectivity index (χ1v) is 8.53. The number of aromatic nitrogens is 1. The topological polar surface area (TPSA) is 105 Å². The number of thiazole rings is 1. The molecule has 0 spiro atoms.